The van der Waals surface area contributed by atoms with Crippen molar-refractivity contribution in [2.75, 3.05) is 0 Å². The first-order chi connectivity index (χ1) is 14.8. The standard InChI is InChI=1S/C25H27N5O/c1-15-7-9-17(3)22(11-15)30-18(4)12-21(20(30)6)13-26-28-25(31)24-19(5)27-23-10-8-16(2)14-29(23)24/h7-14H,1-6H3,(H,28,31)/b26-13-. The van der Waals surface area contributed by atoms with Gasteiger partial charge in [-0.15, -0.1) is 0 Å². The number of carbonyl (C=O) groups is 1. The van der Waals surface area contributed by atoms with E-state index in [1.165, 1.54) is 11.1 Å². The minimum absolute atomic E-state index is 0.282. The van der Waals surface area contributed by atoms with Gasteiger partial charge in [-0.2, -0.15) is 5.10 Å². The van der Waals surface area contributed by atoms with E-state index in [4.69, 9.17) is 0 Å². The zero-order valence-corrected chi connectivity index (χ0v) is 18.8. The molecule has 0 aliphatic heterocycles. The summed E-state index contributed by atoms with van der Waals surface area (Å²) in [6, 6.07) is 12.4. The number of pyridine rings is 1. The van der Waals surface area contributed by atoms with Gasteiger partial charge in [0.25, 0.3) is 5.91 Å². The topological polar surface area (TPSA) is 63.7 Å². The van der Waals surface area contributed by atoms with Crippen LogP contribution in [0.2, 0.25) is 0 Å². The second-order valence-electron chi connectivity index (χ2n) is 8.13. The Labute approximate surface area is 182 Å². The van der Waals surface area contributed by atoms with E-state index in [0.29, 0.717) is 11.4 Å². The molecule has 1 amide bonds. The van der Waals surface area contributed by atoms with E-state index in [2.05, 4.69) is 72.0 Å². The van der Waals surface area contributed by atoms with Crippen LogP contribution in [0, 0.1) is 41.5 Å². The summed E-state index contributed by atoms with van der Waals surface area (Å²) in [5.74, 6) is -0.282. The van der Waals surface area contributed by atoms with Gasteiger partial charge in [-0.25, -0.2) is 10.4 Å². The summed E-state index contributed by atoms with van der Waals surface area (Å²) in [6.07, 6.45) is 3.61. The monoisotopic (exact) mass is 413 g/mol. The quantitative estimate of drug-likeness (QED) is 0.388. The van der Waals surface area contributed by atoms with E-state index in [1.807, 2.05) is 36.6 Å². The second kappa shape index (κ2) is 7.87. The number of amides is 1. The van der Waals surface area contributed by atoms with Gasteiger partial charge in [0, 0.05) is 28.8 Å². The number of hydrogen-bond donors (Lipinski definition) is 1. The third-order valence-electron chi connectivity index (χ3n) is 5.60. The first kappa shape index (κ1) is 20.6. The normalized spacial score (nSPS) is 11.5. The number of nitrogens with one attached hydrogen (secondary N) is 1. The van der Waals surface area contributed by atoms with Gasteiger partial charge in [-0.05, 0) is 76.4 Å². The van der Waals surface area contributed by atoms with Crippen molar-refractivity contribution < 1.29 is 4.79 Å². The summed E-state index contributed by atoms with van der Waals surface area (Å²) in [5, 5.41) is 4.24. The number of nitrogens with zero attached hydrogens (tertiary/aromatic N) is 4. The Balaban J connectivity index is 1.61. The van der Waals surface area contributed by atoms with Crippen LogP contribution in [-0.4, -0.2) is 26.1 Å². The van der Waals surface area contributed by atoms with Crippen LogP contribution < -0.4 is 5.43 Å². The van der Waals surface area contributed by atoms with Crippen LogP contribution in [0.1, 0.15) is 49.8 Å². The third kappa shape index (κ3) is 3.77. The van der Waals surface area contributed by atoms with Gasteiger partial charge in [0.2, 0.25) is 0 Å². The minimum atomic E-state index is -0.282. The van der Waals surface area contributed by atoms with Crippen molar-refractivity contribution in [3.63, 3.8) is 0 Å². The fourth-order valence-corrected chi connectivity index (χ4v) is 4.00. The molecule has 1 aromatic carbocycles. The third-order valence-corrected chi connectivity index (χ3v) is 5.60. The molecule has 0 unspecified atom stereocenters. The molecule has 0 bridgehead atoms. The maximum atomic E-state index is 12.8. The number of hydrogen-bond acceptors (Lipinski definition) is 3. The highest BCUT2D eigenvalue weighted by Gasteiger charge is 2.16. The van der Waals surface area contributed by atoms with Gasteiger partial charge >= 0.3 is 0 Å². The predicted octanol–water partition coefficient (Wildman–Crippen LogP) is 4.74. The summed E-state index contributed by atoms with van der Waals surface area (Å²) in [5.41, 5.74) is 12.4. The van der Waals surface area contributed by atoms with Crippen LogP contribution in [0.3, 0.4) is 0 Å². The van der Waals surface area contributed by atoms with Gasteiger partial charge in [0.15, 0.2) is 0 Å². The first-order valence-electron chi connectivity index (χ1n) is 10.3. The van der Waals surface area contributed by atoms with Crippen molar-refractivity contribution in [2.45, 2.75) is 41.5 Å². The number of rotatable bonds is 4. The number of benzene rings is 1. The molecule has 0 aliphatic carbocycles. The molecule has 31 heavy (non-hydrogen) atoms. The lowest BCUT2D eigenvalue weighted by molar-refractivity contribution is 0.0948. The maximum Gasteiger partial charge on any atom is 0.290 e. The Kier molecular flexibility index (Phi) is 5.23. The Bertz CT molecular complexity index is 1340. The Morgan fingerprint density at radius 2 is 1.74 bits per heavy atom. The smallest absolute Gasteiger partial charge is 0.290 e. The SMILES string of the molecule is Cc1ccc(C)c(-n2c(C)cc(/C=N\NC(=O)c3c(C)nc4ccc(C)cn34)c2C)c1. The summed E-state index contributed by atoms with van der Waals surface area (Å²) >= 11 is 0. The van der Waals surface area contributed by atoms with Crippen molar-refractivity contribution in [3.05, 3.63) is 87.6 Å². The van der Waals surface area contributed by atoms with Crippen LogP contribution in [0.25, 0.3) is 11.3 Å². The lowest BCUT2D eigenvalue weighted by Crippen LogP contribution is -2.20. The molecule has 0 fully saturated rings. The molecule has 4 rings (SSSR count). The summed E-state index contributed by atoms with van der Waals surface area (Å²) in [6.45, 7) is 12.2. The molecule has 0 aliphatic rings. The molecule has 0 saturated carbocycles. The van der Waals surface area contributed by atoms with Gasteiger partial charge in [-0.3, -0.25) is 9.20 Å². The second-order valence-corrected chi connectivity index (χ2v) is 8.13. The van der Waals surface area contributed by atoms with Crippen molar-refractivity contribution in [1.29, 1.82) is 0 Å². The highest BCUT2D eigenvalue weighted by atomic mass is 16.2. The number of carbonyl (C=O) groups excluding carboxylic acids is 1. The Morgan fingerprint density at radius 3 is 2.52 bits per heavy atom. The van der Waals surface area contributed by atoms with Gasteiger partial charge in [0.1, 0.15) is 11.3 Å². The molecule has 1 N–H and O–H groups in total. The Hall–Kier alpha value is -3.67. The van der Waals surface area contributed by atoms with Crippen molar-refractivity contribution in [2.24, 2.45) is 5.10 Å². The average molecular weight is 414 g/mol. The lowest BCUT2D eigenvalue weighted by atomic mass is 10.1. The summed E-state index contributed by atoms with van der Waals surface area (Å²) in [7, 11) is 0. The molecule has 158 valence electrons. The van der Waals surface area contributed by atoms with Gasteiger partial charge in [-0.1, -0.05) is 18.2 Å². The zero-order chi connectivity index (χ0) is 22.3. The number of aryl methyl sites for hydroxylation is 5. The molecule has 0 radical (unpaired) electrons. The molecule has 3 heterocycles. The van der Waals surface area contributed by atoms with Gasteiger partial charge < -0.3 is 4.57 Å². The van der Waals surface area contributed by atoms with Gasteiger partial charge in [0.05, 0.1) is 11.9 Å². The lowest BCUT2D eigenvalue weighted by Gasteiger charge is -2.13. The van der Waals surface area contributed by atoms with Crippen molar-refractivity contribution in [3.8, 4) is 5.69 Å². The van der Waals surface area contributed by atoms with E-state index < -0.39 is 0 Å². The molecule has 6 nitrogen and oxygen atoms in total. The van der Waals surface area contributed by atoms with Crippen LogP contribution >= 0.6 is 0 Å². The number of imidazole rings is 1. The molecule has 4 aromatic rings. The van der Waals surface area contributed by atoms with Crippen LogP contribution in [0.15, 0.2) is 47.7 Å². The van der Waals surface area contributed by atoms with Crippen molar-refractivity contribution in [1.82, 2.24) is 19.4 Å². The molecule has 0 spiro atoms. The molecule has 0 saturated heterocycles. The number of hydrazone groups is 1. The maximum absolute atomic E-state index is 12.8. The van der Waals surface area contributed by atoms with Crippen LogP contribution in [0.4, 0.5) is 0 Å². The predicted molar refractivity (Wildman–Crippen MR) is 124 cm³/mol. The zero-order valence-electron chi connectivity index (χ0n) is 18.8. The summed E-state index contributed by atoms with van der Waals surface area (Å²) < 4.78 is 4.03. The highest BCUT2D eigenvalue weighted by molar-refractivity contribution is 5.95. The van der Waals surface area contributed by atoms with E-state index in [0.717, 1.165) is 33.8 Å². The van der Waals surface area contributed by atoms with E-state index in [9.17, 15) is 4.79 Å². The van der Waals surface area contributed by atoms with E-state index in [-0.39, 0.29) is 5.91 Å². The van der Waals surface area contributed by atoms with Crippen molar-refractivity contribution >= 4 is 17.8 Å². The molecular weight excluding hydrogens is 386 g/mol. The molecule has 0 atom stereocenters. The van der Waals surface area contributed by atoms with E-state index in [1.54, 1.807) is 6.21 Å². The molecular formula is C25H27N5O. The highest BCUT2D eigenvalue weighted by Crippen LogP contribution is 2.23. The molecule has 6 heteroatoms. The van der Waals surface area contributed by atoms with Crippen LogP contribution in [0.5, 0.6) is 0 Å². The number of fused-ring (bicyclic) bond motifs is 1. The largest absolute Gasteiger partial charge is 0.318 e. The average Bonchev–Trinajstić information content (AvgIpc) is 3.18. The first-order valence-corrected chi connectivity index (χ1v) is 10.3. The van der Waals surface area contributed by atoms with E-state index >= 15 is 0 Å². The summed E-state index contributed by atoms with van der Waals surface area (Å²) in [4.78, 5) is 17.3. The minimum Gasteiger partial charge on any atom is -0.318 e. The molecule has 3 aromatic heterocycles. The number of aromatic nitrogens is 3. The Morgan fingerprint density at radius 1 is 1.00 bits per heavy atom. The fourth-order valence-electron chi connectivity index (χ4n) is 4.00. The fraction of sp³-hybridized carbons (Fsp3) is 0.240. The van der Waals surface area contributed by atoms with Crippen LogP contribution in [-0.2, 0) is 0 Å².